The first kappa shape index (κ1) is 26.5. The fourth-order valence-corrected chi connectivity index (χ4v) is 5.98. The molecule has 0 heterocycles. The zero-order chi connectivity index (χ0) is 26.4. The Kier molecular flexibility index (Phi) is 8.38. The number of benzene rings is 3. The topological polar surface area (TPSA) is 84.9 Å². The zero-order valence-corrected chi connectivity index (χ0v) is 22.4. The number of nitrogens with one attached hydrogen (secondary N) is 1. The van der Waals surface area contributed by atoms with Gasteiger partial charge in [-0.2, -0.15) is 0 Å². The lowest BCUT2D eigenvalue weighted by Crippen LogP contribution is -2.34. The summed E-state index contributed by atoms with van der Waals surface area (Å²) in [7, 11) is -2.04. The van der Waals surface area contributed by atoms with Crippen molar-refractivity contribution in [2.45, 2.75) is 50.5 Å². The van der Waals surface area contributed by atoms with Crippen molar-refractivity contribution in [3.05, 3.63) is 83.4 Å². The molecule has 0 saturated carbocycles. The summed E-state index contributed by atoms with van der Waals surface area (Å²) in [5, 5.41) is 0. The van der Waals surface area contributed by atoms with Crippen LogP contribution in [0, 0.1) is 0 Å². The first-order chi connectivity index (χ1) is 17.8. The molecule has 3 aromatic carbocycles. The van der Waals surface area contributed by atoms with Crippen LogP contribution in [-0.4, -0.2) is 39.5 Å². The third-order valence-electron chi connectivity index (χ3n) is 6.54. The summed E-state index contributed by atoms with van der Waals surface area (Å²) in [6.45, 7) is 4.68. The Hall–Kier alpha value is -3.52. The van der Waals surface area contributed by atoms with Crippen LogP contribution in [0.25, 0.3) is 0 Å². The largest absolute Gasteiger partial charge is 0.494 e. The number of rotatable bonds is 10. The highest BCUT2D eigenvalue weighted by atomic mass is 32.2. The van der Waals surface area contributed by atoms with E-state index in [0.717, 1.165) is 41.7 Å². The predicted octanol–water partition coefficient (Wildman–Crippen LogP) is 5.36. The van der Waals surface area contributed by atoms with Gasteiger partial charge < -0.3 is 14.4 Å². The van der Waals surface area contributed by atoms with Gasteiger partial charge in [-0.15, -0.1) is 0 Å². The van der Waals surface area contributed by atoms with Gasteiger partial charge in [0.25, 0.3) is 10.0 Å². The number of carbonyl (C=O) groups excluding carboxylic acids is 1. The number of likely N-dealkylation sites (N-methyl/N-ethyl adjacent to an activating group) is 1. The number of hydrogen-bond donors (Lipinski definition) is 1. The Morgan fingerprint density at radius 2 is 1.78 bits per heavy atom. The van der Waals surface area contributed by atoms with Crippen molar-refractivity contribution in [1.82, 2.24) is 4.90 Å². The molecule has 0 bridgehead atoms. The van der Waals surface area contributed by atoms with Gasteiger partial charge in [0.2, 0.25) is 5.91 Å². The molecule has 1 unspecified atom stereocenters. The van der Waals surface area contributed by atoms with E-state index < -0.39 is 10.0 Å². The fraction of sp³-hybridized carbons (Fsp3) is 0.345. The number of carbonyl (C=O) groups is 1. The number of amides is 1. The van der Waals surface area contributed by atoms with Gasteiger partial charge in [-0.25, -0.2) is 8.42 Å². The molecule has 1 aliphatic carbocycles. The van der Waals surface area contributed by atoms with Crippen molar-refractivity contribution < 1.29 is 22.7 Å². The number of fused-ring (bicyclic) bond motifs is 1. The lowest BCUT2D eigenvalue weighted by molar-refractivity contribution is -0.131. The fourth-order valence-electron chi connectivity index (χ4n) is 4.78. The Morgan fingerprint density at radius 3 is 2.57 bits per heavy atom. The average molecular weight is 523 g/mol. The Morgan fingerprint density at radius 1 is 1.00 bits per heavy atom. The molecular weight excluding hydrogens is 488 g/mol. The predicted molar refractivity (Wildman–Crippen MR) is 145 cm³/mol. The van der Waals surface area contributed by atoms with E-state index in [1.807, 2.05) is 57.3 Å². The molecule has 37 heavy (non-hydrogen) atoms. The summed E-state index contributed by atoms with van der Waals surface area (Å²) in [6.07, 6.45) is 2.94. The Balaban J connectivity index is 1.55. The Labute approximate surface area is 219 Å². The van der Waals surface area contributed by atoms with Crippen molar-refractivity contribution in [3.63, 3.8) is 0 Å². The number of sulfonamides is 1. The molecule has 0 aliphatic heterocycles. The summed E-state index contributed by atoms with van der Waals surface area (Å²) in [5.41, 5.74) is 3.46. The van der Waals surface area contributed by atoms with Crippen molar-refractivity contribution in [3.8, 4) is 11.5 Å². The van der Waals surface area contributed by atoms with Gasteiger partial charge in [-0.3, -0.25) is 9.52 Å². The van der Waals surface area contributed by atoms with Crippen LogP contribution in [0.5, 0.6) is 11.5 Å². The van der Waals surface area contributed by atoms with E-state index in [1.54, 1.807) is 29.2 Å². The van der Waals surface area contributed by atoms with Gasteiger partial charge in [0.1, 0.15) is 16.4 Å². The van der Waals surface area contributed by atoms with Crippen molar-refractivity contribution in [1.29, 1.82) is 0 Å². The monoisotopic (exact) mass is 522 g/mol. The maximum absolute atomic E-state index is 13.2. The van der Waals surface area contributed by atoms with Crippen LogP contribution < -0.4 is 14.2 Å². The smallest absolute Gasteiger partial charge is 0.265 e. The molecular formula is C29H34N2O5S. The molecule has 0 fully saturated rings. The molecule has 0 spiro atoms. The minimum absolute atomic E-state index is 0.00289. The van der Waals surface area contributed by atoms with Crippen molar-refractivity contribution >= 4 is 21.6 Å². The number of ether oxygens (including phenoxy) is 2. The lowest BCUT2D eigenvalue weighted by atomic mass is 9.86. The average Bonchev–Trinajstić information content (AvgIpc) is 2.88. The van der Waals surface area contributed by atoms with Gasteiger partial charge in [-0.05, 0) is 86.2 Å². The molecule has 1 aliphatic rings. The molecule has 1 amide bonds. The van der Waals surface area contributed by atoms with E-state index in [9.17, 15) is 13.2 Å². The third-order valence-corrected chi connectivity index (χ3v) is 7.97. The van der Waals surface area contributed by atoms with Gasteiger partial charge in [0.05, 0.1) is 25.7 Å². The number of hydrogen-bond acceptors (Lipinski definition) is 5. The molecule has 0 aromatic heterocycles. The van der Waals surface area contributed by atoms with Gasteiger partial charge in [0.15, 0.2) is 0 Å². The van der Waals surface area contributed by atoms with Crippen LogP contribution in [0.1, 0.15) is 49.4 Å². The highest BCUT2D eigenvalue weighted by molar-refractivity contribution is 7.92. The lowest BCUT2D eigenvalue weighted by Gasteiger charge is -2.34. The number of para-hydroxylation sites is 1. The standard InChI is InChI=1S/C29H34N2O5S/c1-4-35-24-12-8-10-21(18-24)19-29(32)31(3)26-13-9-11-22-16-17-23(20-25(22)26)30-37(33,34)28-15-7-6-14-27(28)36-5-2/h6-8,10,12,14-18,20,26,30H,4-5,9,11,13,19H2,1-3H3. The van der Waals surface area contributed by atoms with Gasteiger partial charge >= 0.3 is 0 Å². The third kappa shape index (κ3) is 6.25. The first-order valence-corrected chi connectivity index (χ1v) is 14.2. The van der Waals surface area contributed by atoms with Crippen molar-refractivity contribution in [2.75, 3.05) is 25.0 Å². The maximum atomic E-state index is 13.2. The van der Waals surface area contributed by atoms with E-state index in [2.05, 4.69) is 4.72 Å². The van der Waals surface area contributed by atoms with E-state index in [0.29, 0.717) is 24.7 Å². The van der Waals surface area contributed by atoms with Gasteiger partial charge in [-0.1, -0.05) is 30.3 Å². The number of aryl methyl sites for hydroxylation is 1. The van der Waals surface area contributed by atoms with Crippen LogP contribution in [-0.2, 0) is 27.7 Å². The quantitative estimate of drug-likeness (QED) is 0.387. The number of anilines is 1. The Bertz CT molecular complexity index is 1360. The van der Waals surface area contributed by atoms with Gasteiger partial charge in [0, 0.05) is 12.7 Å². The van der Waals surface area contributed by atoms with E-state index in [-0.39, 0.29) is 23.3 Å². The molecule has 8 heteroatoms. The van der Waals surface area contributed by atoms with Crippen LogP contribution in [0.15, 0.2) is 71.6 Å². The zero-order valence-electron chi connectivity index (χ0n) is 21.6. The van der Waals surface area contributed by atoms with E-state index in [4.69, 9.17) is 9.47 Å². The summed E-state index contributed by atoms with van der Waals surface area (Å²) in [4.78, 5) is 15.1. The SMILES string of the molecule is CCOc1cccc(CC(=O)N(C)C2CCCc3ccc(NS(=O)(=O)c4ccccc4OCC)cc32)c1. The molecule has 7 nitrogen and oxygen atoms in total. The second kappa shape index (κ2) is 11.7. The maximum Gasteiger partial charge on any atom is 0.265 e. The van der Waals surface area contributed by atoms with Crippen molar-refractivity contribution in [2.24, 2.45) is 0 Å². The molecule has 0 saturated heterocycles. The highest BCUT2D eigenvalue weighted by Gasteiger charge is 2.28. The second-order valence-electron chi connectivity index (χ2n) is 9.07. The summed E-state index contributed by atoms with van der Waals surface area (Å²) in [6, 6.07) is 19.7. The second-order valence-corrected chi connectivity index (χ2v) is 10.7. The summed E-state index contributed by atoms with van der Waals surface area (Å²) >= 11 is 0. The van der Waals surface area contributed by atoms with Crippen LogP contribution in [0.3, 0.4) is 0 Å². The highest BCUT2D eigenvalue weighted by Crippen LogP contribution is 2.36. The van der Waals surface area contributed by atoms with Crippen LogP contribution in [0.4, 0.5) is 5.69 Å². The summed E-state index contributed by atoms with van der Waals surface area (Å²) in [5.74, 6) is 1.07. The molecule has 0 radical (unpaired) electrons. The molecule has 1 N–H and O–H groups in total. The minimum atomic E-state index is -3.86. The molecule has 1 atom stereocenters. The van der Waals surface area contributed by atoms with Crippen LogP contribution in [0.2, 0.25) is 0 Å². The minimum Gasteiger partial charge on any atom is -0.494 e. The molecule has 3 aromatic rings. The summed E-state index contributed by atoms with van der Waals surface area (Å²) < 4.78 is 40.2. The molecule has 196 valence electrons. The first-order valence-electron chi connectivity index (χ1n) is 12.7. The van der Waals surface area contributed by atoms with E-state index in [1.165, 1.54) is 6.07 Å². The van der Waals surface area contributed by atoms with Crippen LogP contribution >= 0.6 is 0 Å². The normalized spacial score (nSPS) is 14.9. The number of nitrogens with zero attached hydrogens (tertiary/aromatic N) is 1. The molecule has 4 rings (SSSR count). The van der Waals surface area contributed by atoms with E-state index >= 15 is 0 Å².